The fourth-order valence-corrected chi connectivity index (χ4v) is 3.09. The molecule has 1 aliphatic rings. The summed E-state index contributed by atoms with van der Waals surface area (Å²) in [5, 5.41) is 19.9. The Hall–Kier alpha value is -1.11. The third-order valence-corrected chi connectivity index (χ3v) is 4.42. The Bertz CT molecular complexity index is 634. The molecule has 2 heterocycles. The first-order valence-corrected chi connectivity index (χ1v) is 7.89. The Kier molecular flexibility index (Phi) is 8.73. The lowest BCUT2D eigenvalue weighted by molar-refractivity contribution is 0.113. The van der Waals surface area contributed by atoms with Crippen molar-refractivity contribution in [2.24, 2.45) is 0 Å². The summed E-state index contributed by atoms with van der Waals surface area (Å²) in [6.45, 7) is 6.19. The lowest BCUT2D eigenvalue weighted by Crippen LogP contribution is -2.47. The first kappa shape index (κ1) is 20.9. The van der Waals surface area contributed by atoms with Gasteiger partial charge in [0, 0.05) is 50.9 Å². The van der Waals surface area contributed by atoms with Crippen LogP contribution in [0.5, 0.6) is 5.75 Å². The van der Waals surface area contributed by atoms with Crippen LogP contribution in [0.2, 0.25) is 0 Å². The van der Waals surface area contributed by atoms with Gasteiger partial charge in [-0.25, -0.2) is 0 Å². The van der Waals surface area contributed by atoms with Gasteiger partial charge in [-0.3, -0.25) is 9.88 Å². The molecule has 1 aromatic carbocycles. The van der Waals surface area contributed by atoms with Crippen LogP contribution in [0, 0.1) is 0 Å². The lowest BCUT2D eigenvalue weighted by atomic mass is 10.0. The fraction of sp³-hybridized carbons (Fsp3) is 0.471. The molecule has 5 nitrogen and oxygen atoms in total. The average Bonchev–Trinajstić information content (AvgIpc) is 2.56. The van der Waals surface area contributed by atoms with Crippen molar-refractivity contribution in [1.29, 1.82) is 0 Å². The van der Waals surface area contributed by atoms with E-state index in [9.17, 15) is 5.11 Å². The molecule has 0 aliphatic carbocycles. The van der Waals surface area contributed by atoms with Gasteiger partial charge in [-0.15, -0.1) is 24.8 Å². The SMILES string of the molecule is Cl.Cl.OCCN1CCN(CCc2ccc(O)c3ncccc23)CC1. The standard InChI is InChI=1S/C17H23N3O2.2ClH/c21-13-12-20-10-8-19(9-11-20)7-5-14-3-4-16(22)17-15(14)2-1-6-18-17;;/h1-4,6,21-22H,5,7-13H2;2*1H. The number of aliphatic hydroxyl groups excluding tert-OH is 1. The molecule has 134 valence electrons. The Balaban J connectivity index is 0.00000144. The molecule has 1 saturated heterocycles. The summed E-state index contributed by atoms with van der Waals surface area (Å²) in [6.07, 6.45) is 2.68. The van der Waals surface area contributed by atoms with Gasteiger partial charge in [0.25, 0.3) is 0 Å². The number of hydrogen-bond donors (Lipinski definition) is 2. The number of β-amino-alcohol motifs (C(OH)–C–C–N with tert-alkyl or cyclic N) is 1. The number of aromatic hydroxyl groups is 1. The number of piperazine rings is 1. The zero-order valence-corrected chi connectivity index (χ0v) is 15.2. The molecule has 3 rings (SSSR count). The van der Waals surface area contributed by atoms with Crippen molar-refractivity contribution in [2.75, 3.05) is 45.9 Å². The van der Waals surface area contributed by atoms with Crippen molar-refractivity contribution in [1.82, 2.24) is 14.8 Å². The molecule has 24 heavy (non-hydrogen) atoms. The van der Waals surface area contributed by atoms with E-state index in [1.54, 1.807) is 12.3 Å². The topological polar surface area (TPSA) is 59.8 Å². The number of halogens is 2. The van der Waals surface area contributed by atoms with Crippen molar-refractivity contribution in [3.63, 3.8) is 0 Å². The Morgan fingerprint density at radius 3 is 2.29 bits per heavy atom. The van der Waals surface area contributed by atoms with E-state index in [0.717, 1.165) is 51.1 Å². The molecule has 1 fully saturated rings. The van der Waals surface area contributed by atoms with Gasteiger partial charge in [0.1, 0.15) is 11.3 Å². The van der Waals surface area contributed by atoms with Gasteiger partial charge in [0.15, 0.2) is 0 Å². The number of benzene rings is 1. The van der Waals surface area contributed by atoms with Crippen LogP contribution < -0.4 is 0 Å². The maximum absolute atomic E-state index is 9.89. The largest absolute Gasteiger partial charge is 0.506 e. The molecule has 0 radical (unpaired) electrons. The minimum atomic E-state index is 0. The summed E-state index contributed by atoms with van der Waals surface area (Å²) in [4.78, 5) is 9.04. The fourth-order valence-electron chi connectivity index (χ4n) is 3.09. The summed E-state index contributed by atoms with van der Waals surface area (Å²) < 4.78 is 0. The lowest BCUT2D eigenvalue weighted by Gasteiger charge is -2.34. The zero-order chi connectivity index (χ0) is 15.4. The Morgan fingerprint density at radius 1 is 0.958 bits per heavy atom. The number of nitrogens with zero attached hydrogens (tertiary/aromatic N) is 3. The van der Waals surface area contributed by atoms with Crippen molar-refractivity contribution < 1.29 is 10.2 Å². The van der Waals surface area contributed by atoms with E-state index in [4.69, 9.17) is 5.11 Å². The van der Waals surface area contributed by atoms with Crippen LogP contribution in [0.3, 0.4) is 0 Å². The van der Waals surface area contributed by atoms with Crippen LogP contribution in [0.4, 0.5) is 0 Å². The molecule has 1 aliphatic heterocycles. The molecule has 0 spiro atoms. The predicted octanol–water partition coefficient (Wildman–Crippen LogP) is 1.94. The van der Waals surface area contributed by atoms with Gasteiger partial charge >= 0.3 is 0 Å². The van der Waals surface area contributed by atoms with Gasteiger partial charge in [0.05, 0.1) is 6.61 Å². The Labute approximate surface area is 155 Å². The number of rotatable bonds is 5. The second-order valence-corrected chi connectivity index (χ2v) is 5.80. The summed E-state index contributed by atoms with van der Waals surface area (Å²) in [6, 6.07) is 7.68. The molecule has 0 amide bonds. The third-order valence-electron chi connectivity index (χ3n) is 4.42. The molecule has 0 atom stereocenters. The first-order chi connectivity index (χ1) is 10.8. The van der Waals surface area contributed by atoms with Gasteiger partial charge in [0.2, 0.25) is 0 Å². The van der Waals surface area contributed by atoms with Crippen molar-refractivity contribution in [3.8, 4) is 5.75 Å². The first-order valence-electron chi connectivity index (χ1n) is 7.89. The van der Waals surface area contributed by atoms with E-state index in [0.29, 0.717) is 5.52 Å². The Morgan fingerprint density at radius 2 is 1.62 bits per heavy atom. The molecule has 1 aromatic heterocycles. The number of aliphatic hydroxyl groups is 1. The van der Waals surface area contributed by atoms with E-state index in [-0.39, 0.29) is 37.2 Å². The molecular weight excluding hydrogens is 349 g/mol. The van der Waals surface area contributed by atoms with Gasteiger partial charge in [-0.2, -0.15) is 0 Å². The number of phenols is 1. The van der Waals surface area contributed by atoms with Crippen molar-refractivity contribution in [2.45, 2.75) is 6.42 Å². The van der Waals surface area contributed by atoms with Gasteiger partial charge in [-0.05, 0) is 24.1 Å². The maximum atomic E-state index is 9.89. The van der Waals surface area contributed by atoms with E-state index < -0.39 is 0 Å². The summed E-state index contributed by atoms with van der Waals surface area (Å²) in [7, 11) is 0. The van der Waals surface area contributed by atoms with E-state index >= 15 is 0 Å². The highest BCUT2D eigenvalue weighted by Crippen LogP contribution is 2.25. The van der Waals surface area contributed by atoms with Crippen molar-refractivity contribution >= 4 is 35.7 Å². The number of fused-ring (bicyclic) bond motifs is 1. The normalized spacial score (nSPS) is 15.7. The highest BCUT2D eigenvalue weighted by molar-refractivity contribution is 5.87. The van der Waals surface area contributed by atoms with Gasteiger partial charge in [-0.1, -0.05) is 12.1 Å². The zero-order valence-electron chi connectivity index (χ0n) is 13.6. The van der Waals surface area contributed by atoms with Crippen LogP contribution in [0.1, 0.15) is 5.56 Å². The maximum Gasteiger partial charge on any atom is 0.141 e. The van der Waals surface area contributed by atoms with Crippen LogP contribution in [0.25, 0.3) is 10.9 Å². The highest BCUT2D eigenvalue weighted by Gasteiger charge is 2.16. The molecule has 2 N–H and O–H groups in total. The molecule has 7 heteroatoms. The second kappa shape index (κ2) is 10.0. The number of aromatic nitrogens is 1. The third kappa shape index (κ3) is 4.94. The summed E-state index contributed by atoms with van der Waals surface area (Å²) in [5.74, 6) is 0.247. The molecule has 0 bridgehead atoms. The van der Waals surface area contributed by atoms with Gasteiger partial charge < -0.3 is 15.1 Å². The summed E-state index contributed by atoms with van der Waals surface area (Å²) in [5.41, 5.74) is 1.92. The van der Waals surface area contributed by atoms with E-state index in [2.05, 4.69) is 14.8 Å². The minimum absolute atomic E-state index is 0. The second-order valence-electron chi connectivity index (χ2n) is 5.80. The number of hydrogen-bond acceptors (Lipinski definition) is 5. The van der Waals surface area contributed by atoms with Crippen LogP contribution in [-0.2, 0) is 6.42 Å². The average molecular weight is 374 g/mol. The van der Waals surface area contributed by atoms with Crippen LogP contribution in [0.15, 0.2) is 30.5 Å². The number of phenolic OH excluding ortho intramolecular Hbond substituents is 1. The quantitative estimate of drug-likeness (QED) is 0.838. The van der Waals surface area contributed by atoms with Crippen molar-refractivity contribution in [3.05, 3.63) is 36.0 Å². The molecule has 0 saturated carbocycles. The molecular formula is C17H25Cl2N3O2. The summed E-state index contributed by atoms with van der Waals surface area (Å²) >= 11 is 0. The molecule has 2 aromatic rings. The van der Waals surface area contributed by atoms with Crippen LogP contribution in [-0.4, -0.2) is 70.9 Å². The highest BCUT2D eigenvalue weighted by atomic mass is 35.5. The smallest absolute Gasteiger partial charge is 0.141 e. The molecule has 0 unspecified atom stereocenters. The number of pyridine rings is 1. The van der Waals surface area contributed by atoms with E-state index in [1.807, 2.05) is 18.2 Å². The van der Waals surface area contributed by atoms with Crippen LogP contribution >= 0.6 is 24.8 Å². The van der Waals surface area contributed by atoms with E-state index in [1.165, 1.54) is 5.56 Å². The monoisotopic (exact) mass is 373 g/mol. The predicted molar refractivity (Wildman–Crippen MR) is 102 cm³/mol. The minimum Gasteiger partial charge on any atom is -0.506 e.